The molecule has 3 aromatic rings. The van der Waals surface area contributed by atoms with Gasteiger partial charge in [-0.3, -0.25) is 19.7 Å². The molecule has 43 heavy (non-hydrogen) atoms. The fourth-order valence-electron chi connectivity index (χ4n) is 3.91. The van der Waals surface area contributed by atoms with Crippen LogP contribution in [0.5, 0.6) is 23.0 Å². The molecule has 0 saturated carbocycles. The summed E-state index contributed by atoms with van der Waals surface area (Å²) in [5.41, 5.74) is 3.21. The van der Waals surface area contributed by atoms with Crippen LogP contribution in [0.25, 0.3) is 0 Å². The van der Waals surface area contributed by atoms with E-state index in [1.165, 1.54) is 51.8 Å². The second kappa shape index (κ2) is 16.1. The van der Waals surface area contributed by atoms with Gasteiger partial charge >= 0.3 is 5.97 Å². The van der Waals surface area contributed by atoms with Crippen LogP contribution in [0.3, 0.4) is 0 Å². The fourth-order valence-corrected chi connectivity index (χ4v) is 3.91. The topological polar surface area (TPSA) is 168 Å². The number of methoxy groups -OCH3 is 3. The molecule has 0 heterocycles. The zero-order valence-electron chi connectivity index (χ0n) is 24.0. The first-order valence-electron chi connectivity index (χ1n) is 13.2. The molecule has 13 heteroatoms. The summed E-state index contributed by atoms with van der Waals surface area (Å²) in [5.74, 6) is 0.0830. The van der Waals surface area contributed by atoms with Crippen molar-refractivity contribution in [3.05, 3.63) is 87.5 Å². The highest BCUT2D eigenvalue weighted by atomic mass is 16.6. The highest BCUT2D eigenvalue weighted by Gasteiger charge is 2.17. The summed E-state index contributed by atoms with van der Waals surface area (Å²) in [6.45, 7) is 0.428. The van der Waals surface area contributed by atoms with E-state index in [1.54, 1.807) is 30.3 Å². The number of nitro groups is 1. The van der Waals surface area contributed by atoms with Gasteiger partial charge in [0.2, 0.25) is 11.7 Å². The van der Waals surface area contributed by atoms with E-state index < -0.39 is 10.9 Å². The molecule has 0 aliphatic heterocycles. The van der Waals surface area contributed by atoms with E-state index in [1.807, 2.05) is 0 Å². The van der Waals surface area contributed by atoms with Crippen molar-refractivity contribution in [1.82, 2.24) is 10.7 Å². The highest BCUT2D eigenvalue weighted by molar-refractivity contribution is 5.95. The van der Waals surface area contributed by atoms with Gasteiger partial charge < -0.3 is 24.3 Å². The molecule has 0 aliphatic rings. The maximum atomic E-state index is 12.5. The standard InChI is InChI=1S/C30H32N4O9/c1-40-25-17-22(18-26(41-2)28(25)42-3)29(36)31-14-6-4-5-13-27(35)33-32-19-20-9-7-12-24(15-20)43-30(37)21-10-8-11-23(16-21)34(38)39/h7-12,15-19H,4-6,13-14H2,1-3H3,(H,31,36)(H,33,35). The maximum Gasteiger partial charge on any atom is 0.343 e. The van der Waals surface area contributed by atoms with E-state index in [4.69, 9.17) is 18.9 Å². The first-order valence-corrected chi connectivity index (χ1v) is 13.2. The molecule has 226 valence electrons. The Morgan fingerprint density at radius 1 is 0.884 bits per heavy atom. The molecule has 0 aliphatic carbocycles. The number of hydrazone groups is 1. The van der Waals surface area contributed by atoms with E-state index in [-0.39, 0.29) is 35.2 Å². The van der Waals surface area contributed by atoms with Gasteiger partial charge in [-0.1, -0.05) is 24.6 Å². The van der Waals surface area contributed by atoms with Crippen molar-refractivity contribution in [2.24, 2.45) is 5.10 Å². The fraction of sp³-hybridized carbons (Fsp3) is 0.267. The number of hydrogen-bond donors (Lipinski definition) is 2. The molecule has 0 radical (unpaired) electrons. The van der Waals surface area contributed by atoms with Crippen LogP contribution < -0.4 is 29.7 Å². The van der Waals surface area contributed by atoms with E-state index in [0.29, 0.717) is 54.2 Å². The number of benzene rings is 3. The molecule has 0 aromatic heterocycles. The van der Waals surface area contributed by atoms with E-state index in [0.717, 1.165) is 6.07 Å². The van der Waals surface area contributed by atoms with Gasteiger partial charge in [0.05, 0.1) is 38.0 Å². The van der Waals surface area contributed by atoms with Gasteiger partial charge in [0, 0.05) is 30.7 Å². The number of nitrogens with one attached hydrogen (secondary N) is 2. The first-order chi connectivity index (χ1) is 20.7. The lowest BCUT2D eigenvalue weighted by Gasteiger charge is -2.14. The van der Waals surface area contributed by atoms with Crippen molar-refractivity contribution < 1.29 is 38.3 Å². The highest BCUT2D eigenvalue weighted by Crippen LogP contribution is 2.38. The van der Waals surface area contributed by atoms with Crippen LogP contribution in [0, 0.1) is 10.1 Å². The summed E-state index contributed by atoms with van der Waals surface area (Å²) in [5, 5.41) is 17.7. The predicted molar refractivity (Wildman–Crippen MR) is 157 cm³/mol. The zero-order chi connectivity index (χ0) is 31.2. The van der Waals surface area contributed by atoms with Crippen LogP contribution in [-0.2, 0) is 4.79 Å². The third-order valence-electron chi connectivity index (χ3n) is 6.06. The number of unbranched alkanes of at least 4 members (excludes halogenated alkanes) is 2. The predicted octanol–water partition coefficient (Wildman–Crippen LogP) is 4.28. The molecule has 2 amide bonds. The first kappa shape index (κ1) is 32.1. The number of nitrogens with zero attached hydrogens (tertiary/aromatic N) is 2. The minimum atomic E-state index is -0.744. The third kappa shape index (κ3) is 9.56. The van der Waals surface area contributed by atoms with Crippen molar-refractivity contribution in [2.45, 2.75) is 25.7 Å². The average molecular weight is 593 g/mol. The minimum absolute atomic E-state index is 0.0430. The molecule has 0 saturated heterocycles. The number of carbonyl (C=O) groups is 3. The third-order valence-corrected chi connectivity index (χ3v) is 6.06. The van der Waals surface area contributed by atoms with E-state index >= 15 is 0 Å². The quantitative estimate of drug-likeness (QED) is 0.0653. The molecule has 0 unspecified atom stereocenters. The van der Waals surface area contributed by atoms with Gasteiger partial charge in [0.25, 0.3) is 11.6 Å². The number of ether oxygens (including phenoxy) is 4. The van der Waals surface area contributed by atoms with Gasteiger partial charge in [-0.05, 0) is 48.7 Å². The maximum absolute atomic E-state index is 12.5. The lowest BCUT2D eigenvalue weighted by Crippen LogP contribution is -2.24. The number of amides is 2. The molecule has 0 fully saturated rings. The summed E-state index contributed by atoms with van der Waals surface area (Å²) >= 11 is 0. The number of rotatable bonds is 15. The summed E-state index contributed by atoms with van der Waals surface area (Å²) in [4.78, 5) is 47.4. The van der Waals surface area contributed by atoms with E-state index in [9.17, 15) is 24.5 Å². The van der Waals surface area contributed by atoms with Crippen molar-refractivity contribution in [1.29, 1.82) is 0 Å². The minimum Gasteiger partial charge on any atom is -0.493 e. The summed E-state index contributed by atoms with van der Waals surface area (Å²) < 4.78 is 21.1. The second-order valence-corrected chi connectivity index (χ2v) is 9.04. The van der Waals surface area contributed by atoms with Gasteiger partial charge in [0.15, 0.2) is 11.5 Å². The Balaban J connectivity index is 1.38. The molecular formula is C30H32N4O9. The molecule has 3 aromatic carbocycles. The molecule has 13 nitrogen and oxygen atoms in total. The van der Waals surface area contributed by atoms with Gasteiger partial charge in [0.1, 0.15) is 5.75 Å². The number of nitro benzene ring substituents is 1. The Morgan fingerprint density at radius 2 is 1.60 bits per heavy atom. The molecule has 0 atom stereocenters. The van der Waals surface area contributed by atoms with Gasteiger partial charge in [-0.2, -0.15) is 5.10 Å². The van der Waals surface area contributed by atoms with Gasteiger partial charge in [-0.15, -0.1) is 0 Å². The zero-order valence-corrected chi connectivity index (χ0v) is 24.0. The number of esters is 1. The average Bonchev–Trinajstić information content (AvgIpc) is 3.01. The van der Waals surface area contributed by atoms with Crippen molar-refractivity contribution >= 4 is 29.7 Å². The lowest BCUT2D eigenvalue weighted by molar-refractivity contribution is -0.384. The summed E-state index contributed by atoms with van der Waals surface area (Å²) in [6.07, 6.45) is 3.64. The Morgan fingerprint density at radius 3 is 2.28 bits per heavy atom. The van der Waals surface area contributed by atoms with Crippen LogP contribution >= 0.6 is 0 Å². The second-order valence-electron chi connectivity index (χ2n) is 9.04. The molecule has 0 bridgehead atoms. The van der Waals surface area contributed by atoms with Crippen molar-refractivity contribution in [3.63, 3.8) is 0 Å². The largest absolute Gasteiger partial charge is 0.493 e. The van der Waals surface area contributed by atoms with Crippen molar-refractivity contribution in [3.8, 4) is 23.0 Å². The monoisotopic (exact) mass is 592 g/mol. The van der Waals surface area contributed by atoms with Crippen LogP contribution in [0.15, 0.2) is 65.8 Å². The normalized spacial score (nSPS) is 10.6. The Hall–Kier alpha value is -5.46. The number of non-ortho nitro benzene ring substituents is 1. The number of carbonyl (C=O) groups excluding carboxylic acids is 3. The molecule has 2 N–H and O–H groups in total. The summed E-state index contributed by atoms with van der Waals surface area (Å²) in [7, 11) is 4.44. The van der Waals surface area contributed by atoms with E-state index in [2.05, 4.69) is 15.8 Å². The number of hydrogen-bond acceptors (Lipinski definition) is 10. The SMILES string of the molecule is COc1cc(C(=O)NCCCCCC(=O)NN=Cc2cccc(OC(=O)c3cccc([N+](=O)[O-])c3)c2)cc(OC)c1OC. The Kier molecular flexibility index (Phi) is 12.0. The van der Waals surface area contributed by atoms with Gasteiger partial charge in [-0.25, -0.2) is 10.2 Å². The molecule has 0 spiro atoms. The Labute approximate surface area is 247 Å². The lowest BCUT2D eigenvalue weighted by atomic mass is 10.1. The smallest absolute Gasteiger partial charge is 0.343 e. The van der Waals surface area contributed by atoms with Crippen LogP contribution in [0.1, 0.15) is 52.0 Å². The molecule has 3 rings (SSSR count). The van der Waals surface area contributed by atoms with Crippen LogP contribution in [0.2, 0.25) is 0 Å². The Bertz CT molecular complexity index is 1460. The van der Waals surface area contributed by atoms with Crippen LogP contribution in [0.4, 0.5) is 5.69 Å². The summed E-state index contributed by atoms with van der Waals surface area (Å²) in [6, 6.07) is 14.8. The molecular weight excluding hydrogens is 560 g/mol. The van der Waals surface area contributed by atoms with Crippen LogP contribution in [-0.4, -0.2) is 56.8 Å². The van der Waals surface area contributed by atoms with Crippen molar-refractivity contribution in [2.75, 3.05) is 27.9 Å².